The molecule has 0 aliphatic carbocycles. The molecule has 4 heteroatoms. The first-order chi connectivity index (χ1) is 8.59. The molecule has 1 aromatic rings. The van der Waals surface area contributed by atoms with Gasteiger partial charge in [0.05, 0.1) is 0 Å². The van der Waals surface area contributed by atoms with Gasteiger partial charge in [0, 0.05) is 18.7 Å². The number of nitrogens with one attached hydrogen (secondary N) is 1. The van der Waals surface area contributed by atoms with Crippen LogP contribution in [0.2, 0.25) is 0 Å². The molecule has 0 amide bonds. The molecule has 0 unspecified atom stereocenters. The maximum Gasteiger partial charge on any atom is 0.330 e. The third kappa shape index (κ3) is 5.50. The molecule has 0 spiro atoms. The molecule has 4 nitrogen and oxygen atoms in total. The zero-order chi connectivity index (χ0) is 13.4. The molecule has 0 aliphatic heterocycles. The van der Waals surface area contributed by atoms with E-state index in [1.165, 1.54) is 5.56 Å². The highest BCUT2D eigenvalue weighted by molar-refractivity contribution is 5.85. The maximum absolute atomic E-state index is 10.5. The minimum absolute atomic E-state index is 0.349. The molecule has 0 saturated carbocycles. The summed E-state index contributed by atoms with van der Waals surface area (Å²) >= 11 is 0. The Morgan fingerprint density at radius 1 is 1.50 bits per heavy atom. The second-order valence-electron chi connectivity index (χ2n) is 4.06. The zero-order valence-electron chi connectivity index (χ0n) is 10.8. The normalized spacial score (nSPS) is 11.3. The van der Waals surface area contributed by atoms with E-state index in [1.807, 2.05) is 31.2 Å². The number of hydrogen-bond acceptors (Lipinski definition) is 3. The molecule has 18 heavy (non-hydrogen) atoms. The van der Waals surface area contributed by atoms with Gasteiger partial charge < -0.3 is 15.2 Å². The molecule has 0 atom stereocenters. The monoisotopic (exact) mass is 249 g/mol. The average molecular weight is 249 g/mol. The van der Waals surface area contributed by atoms with Crippen LogP contribution in [0.5, 0.6) is 5.75 Å². The Morgan fingerprint density at radius 2 is 2.28 bits per heavy atom. The molecule has 0 aromatic heterocycles. The van der Waals surface area contributed by atoms with Crippen molar-refractivity contribution in [2.45, 2.75) is 13.8 Å². The van der Waals surface area contributed by atoms with Crippen LogP contribution in [-0.2, 0) is 4.79 Å². The highest BCUT2D eigenvalue weighted by Crippen LogP contribution is 2.11. The molecule has 0 aliphatic rings. The first-order valence-corrected chi connectivity index (χ1v) is 5.90. The SMILES string of the molecule is C/C(=C/CNCCOc1cccc(C)c1)C(=O)O. The van der Waals surface area contributed by atoms with Gasteiger partial charge in [-0.15, -0.1) is 0 Å². The zero-order valence-corrected chi connectivity index (χ0v) is 10.8. The molecule has 0 radical (unpaired) electrons. The molecular weight excluding hydrogens is 230 g/mol. The number of rotatable bonds is 7. The summed E-state index contributed by atoms with van der Waals surface area (Å²) in [4.78, 5) is 10.5. The summed E-state index contributed by atoms with van der Waals surface area (Å²) in [6, 6.07) is 7.87. The number of carbonyl (C=O) groups is 1. The summed E-state index contributed by atoms with van der Waals surface area (Å²) < 4.78 is 5.54. The number of aryl methyl sites for hydroxylation is 1. The van der Waals surface area contributed by atoms with Crippen molar-refractivity contribution >= 4 is 5.97 Å². The number of carboxylic acids is 1. The van der Waals surface area contributed by atoms with Crippen molar-refractivity contribution in [3.63, 3.8) is 0 Å². The van der Waals surface area contributed by atoms with Gasteiger partial charge in [-0.2, -0.15) is 0 Å². The lowest BCUT2D eigenvalue weighted by Gasteiger charge is -2.07. The highest BCUT2D eigenvalue weighted by Gasteiger charge is 1.97. The van der Waals surface area contributed by atoms with E-state index in [1.54, 1.807) is 13.0 Å². The topological polar surface area (TPSA) is 58.6 Å². The molecule has 0 bridgehead atoms. The van der Waals surface area contributed by atoms with Gasteiger partial charge in [-0.3, -0.25) is 0 Å². The third-order valence-corrected chi connectivity index (χ3v) is 2.43. The van der Waals surface area contributed by atoms with Crippen LogP contribution in [0, 0.1) is 6.92 Å². The van der Waals surface area contributed by atoms with E-state index in [2.05, 4.69) is 5.32 Å². The number of aliphatic carboxylic acids is 1. The molecule has 1 rings (SSSR count). The first-order valence-electron chi connectivity index (χ1n) is 5.90. The largest absolute Gasteiger partial charge is 0.492 e. The predicted octanol–water partition coefficient (Wildman–Crippen LogP) is 1.99. The van der Waals surface area contributed by atoms with Gasteiger partial charge in [0.1, 0.15) is 12.4 Å². The van der Waals surface area contributed by atoms with Gasteiger partial charge in [0.2, 0.25) is 0 Å². The Morgan fingerprint density at radius 3 is 2.94 bits per heavy atom. The lowest BCUT2D eigenvalue weighted by Crippen LogP contribution is -2.21. The van der Waals surface area contributed by atoms with Crippen LogP contribution in [0.25, 0.3) is 0 Å². The molecular formula is C14H19NO3. The second-order valence-corrected chi connectivity index (χ2v) is 4.06. The fourth-order valence-electron chi connectivity index (χ4n) is 1.36. The van der Waals surface area contributed by atoms with Gasteiger partial charge >= 0.3 is 5.97 Å². The number of carboxylic acid groups (broad SMARTS) is 1. The summed E-state index contributed by atoms with van der Waals surface area (Å²) in [6.07, 6.45) is 1.65. The van der Waals surface area contributed by atoms with E-state index >= 15 is 0 Å². The van der Waals surface area contributed by atoms with Crippen molar-refractivity contribution in [3.8, 4) is 5.75 Å². The molecule has 0 fully saturated rings. The van der Waals surface area contributed by atoms with Gasteiger partial charge in [-0.25, -0.2) is 4.79 Å². The molecule has 0 heterocycles. The van der Waals surface area contributed by atoms with E-state index in [-0.39, 0.29) is 0 Å². The Kier molecular flexibility index (Phi) is 5.94. The van der Waals surface area contributed by atoms with E-state index in [0.717, 1.165) is 5.75 Å². The van der Waals surface area contributed by atoms with Crippen LogP contribution in [0.1, 0.15) is 12.5 Å². The van der Waals surface area contributed by atoms with Gasteiger partial charge in [0.15, 0.2) is 0 Å². The van der Waals surface area contributed by atoms with Crippen molar-refractivity contribution in [1.82, 2.24) is 5.32 Å². The fourth-order valence-corrected chi connectivity index (χ4v) is 1.36. The van der Waals surface area contributed by atoms with E-state index < -0.39 is 5.97 Å². The summed E-state index contributed by atoms with van der Waals surface area (Å²) in [7, 11) is 0. The number of ether oxygens (including phenoxy) is 1. The Bertz CT molecular complexity index is 427. The maximum atomic E-state index is 10.5. The third-order valence-electron chi connectivity index (χ3n) is 2.43. The van der Waals surface area contributed by atoms with Gasteiger partial charge in [-0.1, -0.05) is 18.2 Å². The van der Waals surface area contributed by atoms with E-state index in [0.29, 0.717) is 25.3 Å². The molecule has 1 aromatic carbocycles. The van der Waals surface area contributed by atoms with E-state index in [4.69, 9.17) is 9.84 Å². The molecule has 2 N–H and O–H groups in total. The summed E-state index contributed by atoms with van der Waals surface area (Å²) in [5, 5.41) is 11.7. The van der Waals surface area contributed by atoms with Crippen LogP contribution < -0.4 is 10.1 Å². The van der Waals surface area contributed by atoms with Crippen molar-refractivity contribution < 1.29 is 14.6 Å². The smallest absolute Gasteiger partial charge is 0.330 e. The number of benzene rings is 1. The van der Waals surface area contributed by atoms with Crippen molar-refractivity contribution in [2.75, 3.05) is 19.7 Å². The molecule has 98 valence electrons. The second kappa shape index (κ2) is 7.50. The Balaban J connectivity index is 2.16. The highest BCUT2D eigenvalue weighted by atomic mass is 16.5. The van der Waals surface area contributed by atoms with Gasteiger partial charge in [0.25, 0.3) is 0 Å². The Labute approximate surface area is 107 Å². The lowest BCUT2D eigenvalue weighted by molar-refractivity contribution is -0.132. The summed E-state index contributed by atoms with van der Waals surface area (Å²) in [6.45, 7) is 5.37. The standard InChI is InChI=1S/C14H19NO3/c1-11-4-3-5-13(10-11)18-9-8-15-7-6-12(2)14(16)17/h3-6,10,15H,7-9H2,1-2H3,(H,16,17)/b12-6-. The minimum atomic E-state index is -0.882. The summed E-state index contributed by atoms with van der Waals surface area (Å²) in [5.41, 5.74) is 1.52. The molecule has 0 saturated heterocycles. The van der Waals surface area contributed by atoms with Gasteiger partial charge in [-0.05, 0) is 31.5 Å². The van der Waals surface area contributed by atoms with Crippen LogP contribution in [-0.4, -0.2) is 30.8 Å². The van der Waals surface area contributed by atoms with Crippen molar-refractivity contribution in [1.29, 1.82) is 0 Å². The first kappa shape index (κ1) is 14.3. The average Bonchev–Trinajstić information content (AvgIpc) is 2.33. The van der Waals surface area contributed by atoms with Crippen LogP contribution in [0.15, 0.2) is 35.9 Å². The number of hydrogen-bond donors (Lipinski definition) is 2. The minimum Gasteiger partial charge on any atom is -0.492 e. The van der Waals surface area contributed by atoms with E-state index in [9.17, 15) is 4.79 Å². The van der Waals surface area contributed by atoms with Crippen LogP contribution in [0.4, 0.5) is 0 Å². The fraction of sp³-hybridized carbons (Fsp3) is 0.357. The Hall–Kier alpha value is -1.81. The quantitative estimate of drug-likeness (QED) is 0.573. The predicted molar refractivity (Wildman–Crippen MR) is 70.9 cm³/mol. The van der Waals surface area contributed by atoms with Crippen molar-refractivity contribution in [3.05, 3.63) is 41.5 Å². The lowest BCUT2D eigenvalue weighted by atomic mass is 10.2. The van der Waals surface area contributed by atoms with Crippen LogP contribution >= 0.6 is 0 Å². The van der Waals surface area contributed by atoms with Crippen molar-refractivity contribution in [2.24, 2.45) is 0 Å². The summed E-state index contributed by atoms with van der Waals surface area (Å²) in [5.74, 6) is -0.0260. The van der Waals surface area contributed by atoms with Crippen LogP contribution in [0.3, 0.4) is 0 Å².